The van der Waals surface area contributed by atoms with E-state index in [0.29, 0.717) is 35.6 Å². The van der Waals surface area contributed by atoms with Crippen molar-refractivity contribution in [2.45, 2.75) is 19.4 Å². The molecule has 0 aliphatic carbocycles. The van der Waals surface area contributed by atoms with Gasteiger partial charge >= 0.3 is 6.36 Å². The van der Waals surface area contributed by atoms with Gasteiger partial charge in [0.15, 0.2) is 0 Å². The van der Waals surface area contributed by atoms with E-state index in [0.717, 1.165) is 11.3 Å². The Kier molecular flexibility index (Phi) is 3.22. The first-order chi connectivity index (χ1) is 9.44. The van der Waals surface area contributed by atoms with Crippen LogP contribution in [0.4, 0.5) is 13.2 Å². The number of halogens is 4. The first-order valence-electron chi connectivity index (χ1n) is 5.88. The molecule has 0 saturated heterocycles. The van der Waals surface area contributed by atoms with E-state index in [-0.39, 0.29) is 5.75 Å². The third-order valence-electron chi connectivity index (χ3n) is 3.04. The molecule has 7 heteroatoms. The van der Waals surface area contributed by atoms with E-state index in [9.17, 15) is 13.2 Å². The molecular formula is C13H9ClF3NO2. The van der Waals surface area contributed by atoms with Crippen LogP contribution < -0.4 is 4.74 Å². The summed E-state index contributed by atoms with van der Waals surface area (Å²) in [5, 5.41) is 0.801. The van der Waals surface area contributed by atoms with Crippen molar-refractivity contribution >= 4 is 22.5 Å². The van der Waals surface area contributed by atoms with Crippen LogP contribution in [0.1, 0.15) is 11.3 Å². The van der Waals surface area contributed by atoms with Crippen LogP contribution in [0.5, 0.6) is 5.75 Å². The van der Waals surface area contributed by atoms with Crippen molar-refractivity contribution in [3.8, 4) is 5.75 Å². The number of hydrogen-bond acceptors (Lipinski definition) is 3. The Morgan fingerprint density at radius 1 is 1.30 bits per heavy atom. The molecule has 0 spiro atoms. The van der Waals surface area contributed by atoms with Crippen LogP contribution in [-0.4, -0.2) is 18.0 Å². The van der Waals surface area contributed by atoms with E-state index in [2.05, 4.69) is 9.72 Å². The molecule has 0 unspecified atom stereocenters. The van der Waals surface area contributed by atoms with Crippen LogP contribution in [0, 0.1) is 0 Å². The molecule has 1 aromatic heterocycles. The highest BCUT2D eigenvalue weighted by atomic mass is 35.5. The molecule has 2 aromatic rings. The zero-order chi connectivity index (χ0) is 14.3. The molecule has 20 heavy (non-hydrogen) atoms. The maximum absolute atomic E-state index is 12.2. The predicted molar refractivity (Wildman–Crippen MR) is 66.8 cm³/mol. The summed E-state index contributed by atoms with van der Waals surface area (Å²) in [6.07, 6.45) is -4.09. The fourth-order valence-electron chi connectivity index (χ4n) is 2.18. The summed E-state index contributed by atoms with van der Waals surface area (Å²) < 4.78 is 45.9. The van der Waals surface area contributed by atoms with Crippen LogP contribution in [0.2, 0.25) is 5.02 Å². The van der Waals surface area contributed by atoms with Gasteiger partial charge in [-0.2, -0.15) is 0 Å². The Labute approximate surface area is 117 Å². The zero-order valence-electron chi connectivity index (χ0n) is 10.1. The molecule has 0 bridgehead atoms. The minimum Gasteiger partial charge on any atom is -0.406 e. The van der Waals surface area contributed by atoms with Gasteiger partial charge in [0, 0.05) is 17.4 Å². The van der Waals surface area contributed by atoms with Crippen LogP contribution in [0.25, 0.3) is 10.9 Å². The third-order valence-corrected chi connectivity index (χ3v) is 3.47. The van der Waals surface area contributed by atoms with Gasteiger partial charge in [-0.25, -0.2) is 0 Å². The summed E-state index contributed by atoms with van der Waals surface area (Å²) in [6.45, 7) is 0.887. The maximum Gasteiger partial charge on any atom is 0.573 e. The van der Waals surface area contributed by atoms with Gasteiger partial charge in [-0.15, -0.1) is 13.2 Å². The van der Waals surface area contributed by atoms with Gasteiger partial charge in [-0.05, 0) is 18.2 Å². The Balaban J connectivity index is 2.11. The van der Waals surface area contributed by atoms with E-state index < -0.39 is 6.36 Å². The Morgan fingerprint density at radius 2 is 2.10 bits per heavy atom. The van der Waals surface area contributed by atoms with Crippen LogP contribution >= 0.6 is 11.6 Å². The summed E-state index contributed by atoms with van der Waals surface area (Å²) in [5.41, 5.74) is 2.11. The minimum absolute atomic E-state index is 0.314. The minimum atomic E-state index is -4.73. The monoisotopic (exact) mass is 303 g/mol. The van der Waals surface area contributed by atoms with Gasteiger partial charge in [-0.1, -0.05) is 11.6 Å². The molecule has 0 radical (unpaired) electrons. The smallest absolute Gasteiger partial charge is 0.406 e. The summed E-state index contributed by atoms with van der Waals surface area (Å²) in [4.78, 5) is 4.41. The number of fused-ring (bicyclic) bond motifs is 2. The highest BCUT2D eigenvalue weighted by Crippen LogP contribution is 2.34. The number of aromatic nitrogens is 1. The lowest BCUT2D eigenvalue weighted by Crippen LogP contribution is -2.17. The summed E-state index contributed by atoms with van der Waals surface area (Å²) in [7, 11) is 0. The molecule has 0 amide bonds. The standard InChI is InChI=1S/C13H9ClF3NO2/c14-12-8-5-7(20-13(15,16)17)1-2-10(8)18-11-3-4-19-6-9(11)12/h1-2,5H,3-4,6H2. The molecule has 3 rings (SSSR count). The van der Waals surface area contributed by atoms with E-state index >= 15 is 0 Å². The number of ether oxygens (including phenoxy) is 2. The summed E-state index contributed by atoms with van der Waals surface area (Å²) >= 11 is 6.25. The van der Waals surface area contributed by atoms with E-state index in [4.69, 9.17) is 16.3 Å². The molecule has 1 aliphatic heterocycles. The summed E-state index contributed by atoms with van der Waals surface area (Å²) in [5.74, 6) is -0.314. The lowest BCUT2D eigenvalue weighted by Gasteiger charge is -2.18. The molecule has 0 atom stereocenters. The highest BCUT2D eigenvalue weighted by Gasteiger charge is 2.31. The number of alkyl halides is 3. The number of benzene rings is 1. The van der Waals surface area contributed by atoms with Crippen LogP contribution in [0.15, 0.2) is 18.2 Å². The Morgan fingerprint density at radius 3 is 2.85 bits per heavy atom. The topological polar surface area (TPSA) is 31.4 Å². The van der Waals surface area contributed by atoms with E-state index in [1.165, 1.54) is 18.2 Å². The summed E-state index contributed by atoms with van der Waals surface area (Å²) in [6, 6.07) is 3.94. The second-order valence-corrected chi connectivity index (χ2v) is 4.76. The molecule has 0 saturated carbocycles. The van der Waals surface area contributed by atoms with Crippen LogP contribution in [0.3, 0.4) is 0 Å². The second-order valence-electron chi connectivity index (χ2n) is 4.38. The molecule has 0 N–H and O–H groups in total. The molecule has 1 aliphatic rings. The third kappa shape index (κ3) is 2.53. The van der Waals surface area contributed by atoms with Crippen molar-refractivity contribution in [2.24, 2.45) is 0 Å². The molecule has 0 fully saturated rings. The van der Waals surface area contributed by atoms with Crippen molar-refractivity contribution in [1.29, 1.82) is 0 Å². The molecule has 1 aromatic carbocycles. The van der Waals surface area contributed by atoms with Gasteiger partial charge in [0.05, 0.1) is 29.4 Å². The zero-order valence-corrected chi connectivity index (χ0v) is 10.9. The van der Waals surface area contributed by atoms with Crippen molar-refractivity contribution in [3.05, 3.63) is 34.5 Å². The quantitative estimate of drug-likeness (QED) is 0.801. The molecule has 3 nitrogen and oxygen atoms in total. The molecule has 106 valence electrons. The van der Waals surface area contributed by atoms with Crippen molar-refractivity contribution < 1.29 is 22.6 Å². The normalized spacial score (nSPS) is 15.2. The number of hydrogen-bond donors (Lipinski definition) is 0. The van der Waals surface area contributed by atoms with Gasteiger partial charge < -0.3 is 9.47 Å². The lowest BCUT2D eigenvalue weighted by atomic mass is 10.1. The number of pyridine rings is 1. The largest absolute Gasteiger partial charge is 0.573 e. The van der Waals surface area contributed by atoms with E-state index in [1.54, 1.807) is 0 Å². The van der Waals surface area contributed by atoms with E-state index in [1.807, 2.05) is 0 Å². The fraction of sp³-hybridized carbons (Fsp3) is 0.308. The van der Waals surface area contributed by atoms with Gasteiger partial charge in [0.2, 0.25) is 0 Å². The molecule has 2 heterocycles. The number of rotatable bonds is 1. The maximum atomic E-state index is 12.2. The average Bonchev–Trinajstić information content (AvgIpc) is 2.38. The average molecular weight is 304 g/mol. The van der Waals surface area contributed by atoms with Crippen molar-refractivity contribution in [2.75, 3.05) is 6.61 Å². The number of nitrogens with zero attached hydrogens (tertiary/aromatic N) is 1. The molecular weight excluding hydrogens is 295 g/mol. The Bertz CT molecular complexity index is 673. The first-order valence-corrected chi connectivity index (χ1v) is 6.26. The lowest BCUT2D eigenvalue weighted by molar-refractivity contribution is -0.274. The van der Waals surface area contributed by atoms with Crippen molar-refractivity contribution in [3.63, 3.8) is 0 Å². The van der Waals surface area contributed by atoms with Gasteiger partial charge in [0.25, 0.3) is 0 Å². The fourth-order valence-corrected chi connectivity index (χ4v) is 2.50. The Hall–Kier alpha value is -1.53. The SMILES string of the molecule is FC(F)(F)Oc1ccc2nc3c(c(Cl)c2c1)COCC3. The second kappa shape index (κ2) is 4.79. The van der Waals surface area contributed by atoms with Gasteiger partial charge in [-0.3, -0.25) is 4.98 Å². The van der Waals surface area contributed by atoms with Crippen LogP contribution in [-0.2, 0) is 17.8 Å². The first kappa shape index (κ1) is 13.5. The highest BCUT2D eigenvalue weighted by molar-refractivity contribution is 6.36. The van der Waals surface area contributed by atoms with Crippen molar-refractivity contribution in [1.82, 2.24) is 4.98 Å². The van der Waals surface area contributed by atoms with Gasteiger partial charge in [0.1, 0.15) is 5.75 Å². The predicted octanol–water partition coefficient (Wildman–Crippen LogP) is 3.86.